The molecule has 0 saturated carbocycles. The van der Waals surface area contributed by atoms with Gasteiger partial charge in [-0.25, -0.2) is 0 Å². The van der Waals surface area contributed by atoms with Gasteiger partial charge < -0.3 is 15.0 Å². The number of likely N-dealkylation sites (N-methyl/N-ethyl adjacent to an activating group) is 1. The summed E-state index contributed by atoms with van der Waals surface area (Å²) >= 11 is 0. The SMILES string of the molecule is CO[C@H](C(=O)N(C)CC1CCNC1)c1ccccc1. The summed E-state index contributed by atoms with van der Waals surface area (Å²) in [6.45, 7) is 2.85. The number of benzene rings is 1. The van der Waals surface area contributed by atoms with E-state index in [9.17, 15) is 4.79 Å². The van der Waals surface area contributed by atoms with Gasteiger partial charge in [-0.15, -0.1) is 0 Å². The third-order valence-corrected chi connectivity index (χ3v) is 3.63. The van der Waals surface area contributed by atoms with Gasteiger partial charge in [-0.3, -0.25) is 4.79 Å². The van der Waals surface area contributed by atoms with Crippen LogP contribution in [0.1, 0.15) is 18.1 Å². The average molecular weight is 262 g/mol. The van der Waals surface area contributed by atoms with Gasteiger partial charge in [0.1, 0.15) is 0 Å². The lowest BCUT2D eigenvalue weighted by molar-refractivity contribution is -0.141. The van der Waals surface area contributed by atoms with Gasteiger partial charge in [-0.05, 0) is 31.0 Å². The zero-order valence-corrected chi connectivity index (χ0v) is 11.6. The molecule has 0 radical (unpaired) electrons. The molecule has 0 aromatic heterocycles. The lowest BCUT2D eigenvalue weighted by Gasteiger charge is -2.25. The third kappa shape index (κ3) is 3.55. The summed E-state index contributed by atoms with van der Waals surface area (Å²) in [6.07, 6.45) is 0.640. The van der Waals surface area contributed by atoms with E-state index < -0.39 is 6.10 Å². The first kappa shape index (κ1) is 14.0. The summed E-state index contributed by atoms with van der Waals surface area (Å²) in [5.41, 5.74) is 0.909. The van der Waals surface area contributed by atoms with E-state index in [-0.39, 0.29) is 5.91 Å². The van der Waals surface area contributed by atoms with Crippen molar-refractivity contribution in [3.05, 3.63) is 35.9 Å². The summed E-state index contributed by atoms with van der Waals surface area (Å²) in [6, 6.07) is 9.65. The molecule has 0 aliphatic carbocycles. The van der Waals surface area contributed by atoms with Gasteiger partial charge in [-0.1, -0.05) is 30.3 Å². The number of hydrogen-bond acceptors (Lipinski definition) is 3. The predicted molar refractivity (Wildman–Crippen MR) is 74.8 cm³/mol. The van der Waals surface area contributed by atoms with Gasteiger partial charge in [0.05, 0.1) is 0 Å². The van der Waals surface area contributed by atoms with Crippen molar-refractivity contribution < 1.29 is 9.53 Å². The minimum absolute atomic E-state index is 0.0283. The zero-order chi connectivity index (χ0) is 13.7. The summed E-state index contributed by atoms with van der Waals surface area (Å²) < 4.78 is 5.38. The molecule has 1 N–H and O–H groups in total. The van der Waals surface area contributed by atoms with Crippen LogP contribution in [-0.2, 0) is 9.53 Å². The monoisotopic (exact) mass is 262 g/mol. The van der Waals surface area contributed by atoms with Crippen molar-refractivity contribution >= 4 is 5.91 Å². The first-order valence-corrected chi connectivity index (χ1v) is 6.76. The van der Waals surface area contributed by atoms with E-state index in [4.69, 9.17) is 4.74 Å². The second-order valence-corrected chi connectivity index (χ2v) is 5.10. The molecule has 1 aromatic rings. The predicted octanol–water partition coefficient (Wildman–Crippen LogP) is 1.44. The Morgan fingerprint density at radius 2 is 2.21 bits per heavy atom. The number of hydrogen-bond donors (Lipinski definition) is 1. The molecule has 104 valence electrons. The van der Waals surface area contributed by atoms with E-state index in [1.165, 1.54) is 0 Å². The van der Waals surface area contributed by atoms with Crippen molar-refractivity contribution in [2.24, 2.45) is 5.92 Å². The minimum Gasteiger partial charge on any atom is -0.367 e. The number of amides is 1. The van der Waals surface area contributed by atoms with Crippen molar-refractivity contribution in [3.8, 4) is 0 Å². The molecule has 19 heavy (non-hydrogen) atoms. The Balaban J connectivity index is 1.99. The summed E-state index contributed by atoms with van der Waals surface area (Å²) in [4.78, 5) is 14.2. The second kappa shape index (κ2) is 6.68. The van der Waals surface area contributed by atoms with Crippen LogP contribution in [0.4, 0.5) is 0 Å². The fourth-order valence-electron chi connectivity index (χ4n) is 2.56. The number of carbonyl (C=O) groups is 1. The van der Waals surface area contributed by atoms with Gasteiger partial charge in [0.25, 0.3) is 5.91 Å². The van der Waals surface area contributed by atoms with Crippen LogP contribution in [-0.4, -0.2) is 44.6 Å². The fourth-order valence-corrected chi connectivity index (χ4v) is 2.56. The Morgan fingerprint density at radius 3 is 2.79 bits per heavy atom. The molecule has 1 amide bonds. The Labute approximate surface area is 114 Å². The Morgan fingerprint density at radius 1 is 1.47 bits per heavy atom. The second-order valence-electron chi connectivity index (χ2n) is 5.10. The molecule has 1 fully saturated rings. The topological polar surface area (TPSA) is 41.6 Å². The quantitative estimate of drug-likeness (QED) is 0.873. The van der Waals surface area contributed by atoms with Gasteiger partial charge in [-0.2, -0.15) is 0 Å². The Bertz CT molecular complexity index is 402. The Hall–Kier alpha value is -1.39. The smallest absolute Gasteiger partial charge is 0.256 e. The molecule has 1 aromatic carbocycles. The van der Waals surface area contributed by atoms with E-state index in [0.29, 0.717) is 5.92 Å². The third-order valence-electron chi connectivity index (χ3n) is 3.63. The number of methoxy groups -OCH3 is 1. The van der Waals surface area contributed by atoms with Crippen LogP contribution in [0.3, 0.4) is 0 Å². The molecular formula is C15H22N2O2. The summed E-state index contributed by atoms with van der Waals surface area (Å²) in [5, 5.41) is 3.32. The molecule has 1 saturated heterocycles. The highest BCUT2D eigenvalue weighted by molar-refractivity contribution is 5.82. The van der Waals surface area contributed by atoms with Gasteiger partial charge in [0.2, 0.25) is 0 Å². The van der Waals surface area contributed by atoms with Crippen LogP contribution in [0.5, 0.6) is 0 Å². The van der Waals surface area contributed by atoms with Gasteiger partial charge in [0.15, 0.2) is 6.10 Å². The maximum absolute atomic E-state index is 12.4. The van der Waals surface area contributed by atoms with Crippen LogP contribution >= 0.6 is 0 Å². The highest BCUT2D eigenvalue weighted by atomic mass is 16.5. The molecule has 0 bridgehead atoms. The zero-order valence-electron chi connectivity index (χ0n) is 11.6. The molecule has 1 aliphatic rings. The van der Waals surface area contributed by atoms with E-state index in [2.05, 4.69) is 5.32 Å². The van der Waals surface area contributed by atoms with E-state index in [1.807, 2.05) is 37.4 Å². The normalized spacial score (nSPS) is 20.2. The highest BCUT2D eigenvalue weighted by Gasteiger charge is 2.26. The number of nitrogens with one attached hydrogen (secondary N) is 1. The Kier molecular flexibility index (Phi) is 4.93. The maximum Gasteiger partial charge on any atom is 0.256 e. The molecule has 0 spiro atoms. The van der Waals surface area contributed by atoms with Crippen molar-refractivity contribution in [2.75, 3.05) is 33.8 Å². The number of carbonyl (C=O) groups excluding carboxylic acids is 1. The molecule has 2 rings (SSSR count). The fraction of sp³-hybridized carbons (Fsp3) is 0.533. The van der Waals surface area contributed by atoms with Gasteiger partial charge >= 0.3 is 0 Å². The van der Waals surface area contributed by atoms with Crippen molar-refractivity contribution in [1.29, 1.82) is 0 Å². The number of ether oxygens (including phenoxy) is 1. The van der Waals surface area contributed by atoms with Crippen LogP contribution in [0.2, 0.25) is 0 Å². The standard InChI is InChI=1S/C15H22N2O2/c1-17(11-12-8-9-16-10-12)15(18)14(19-2)13-6-4-3-5-7-13/h3-7,12,14,16H,8-11H2,1-2H3/t12?,14-/m0/s1. The molecular weight excluding hydrogens is 240 g/mol. The molecule has 4 nitrogen and oxygen atoms in total. The maximum atomic E-state index is 12.4. The largest absolute Gasteiger partial charge is 0.367 e. The average Bonchev–Trinajstić information content (AvgIpc) is 2.93. The molecule has 1 heterocycles. The number of nitrogens with zero attached hydrogens (tertiary/aromatic N) is 1. The van der Waals surface area contributed by atoms with Crippen molar-refractivity contribution in [2.45, 2.75) is 12.5 Å². The lowest BCUT2D eigenvalue weighted by Crippen LogP contribution is -2.36. The van der Waals surface area contributed by atoms with E-state index in [0.717, 1.165) is 31.6 Å². The van der Waals surface area contributed by atoms with Crippen molar-refractivity contribution in [1.82, 2.24) is 10.2 Å². The van der Waals surface area contributed by atoms with Crippen molar-refractivity contribution in [3.63, 3.8) is 0 Å². The molecule has 1 aliphatic heterocycles. The van der Waals surface area contributed by atoms with E-state index in [1.54, 1.807) is 12.0 Å². The molecule has 4 heteroatoms. The van der Waals surface area contributed by atoms with Crippen LogP contribution < -0.4 is 5.32 Å². The first-order chi connectivity index (χ1) is 9.22. The summed E-state index contributed by atoms with van der Waals surface area (Å²) in [5.74, 6) is 0.586. The minimum atomic E-state index is -0.499. The number of rotatable bonds is 5. The first-order valence-electron chi connectivity index (χ1n) is 6.76. The highest BCUT2D eigenvalue weighted by Crippen LogP contribution is 2.20. The van der Waals surface area contributed by atoms with Crippen LogP contribution in [0.15, 0.2) is 30.3 Å². The molecule has 1 unspecified atom stereocenters. The van der Waals surface area contributed by atoms with Crippen LogP contribution in [0.25, 0.3) is 0 Å². The van der Waals surface area contributed by atoms with Gasteiger partial charge in [0, 0.05) is 20.7 Å². The van der Waals surface area contributed by atoms with Crippen LogP contribution in [0, 0.1) is 5.92 Å². The summed E-state index contributed by atoms with van der Waals surface area (Å²) in [7, 11) is 3.44. The molecule has 2 atom stereocenters. The lowest BCUT2D eigenvalue weighted by atomic mass is 10.1. The van der Waals surface area contributed by atoms with E-state index >= 15 is 0 Å².